The minimum Gasteiger partial charge on any atom is -0.508 e. The fourth-order valence-corrected chi connectivity index (χ4v) is 4.92. The fourth-order valence-electron chi connectivity index (χ4n) is 3.88. The number of para-hydroxylation sites is 1. The molecule has 1 aromatic heterocycles. The number of hydrogen-bond acceptors (Lipinski definition) is 7. The number of aromatic nitrogens is 1. The Labute approximate surface area is 200 Å². The predicted molar refractivity (Wildman–Crippen MR) is 131 cm³/mol. The normalized spacial score (nSPS) is 15.8. The third kappa shape index (κ3) is 4.54. The second kappa shape index (κ2) is 9.69. The number of thiazole rings is 1. The molecule has 0 unspecified atom stereocenters. The zero-order chi connectivity index (χ0) is 24.4. The first kappa shape index (κ1) is 23.5. The lowest BCUT2D eigenvalue weighted by atomic mass is 9.95. The number of aromatic hydroxyl groups is 1. The molecule has 3 aromatic rings. The SMILES string of the molecule is CCOC(=O)C1=C(C)N=c2s/c(=C/c3ccc(O)cc3)c(=O)n2[C@@H]1c1ccccc1OC(C)C. The maximum absolute atomic E-state index is 13.7. The van der Waals surface area contributed by atoms with Gasteiger partial charge in [-0.25, -0.2) is 9.79 Å². The van der Waals surface area contributed by atoms with Crippen LogP contribution in [0.1, 0.15) is 44.9 Å². The molecular formula is C26H26N2O5S. The molecule has 0 amide bonds. The summed E-state index contributed by atoms with van der Waals surface area (Å²) in [7, 11) is 0. The van der Waals surface area contributed by atoms with Gasteiger partial charge < -0.3 is 14.6 Å². The van der Waals surface area contributed by atoms with Crippen molar-refractivity contribution in [2.75, 3.05) is 6.61 Å². The molecule has 8 heteroatoms. The van der Waals surface area contributed by atoms with E-state index in [1.807, 2.05) is 38.1 Å². The number of carbonyl (C=O) groups is 1. The topological polar surface area (TPSA) is 90.1 Å². The van der Waals surface area contributed by atoms with Gasteiger partial charge in [0, 0.05) is 5.56 Å². The molecule has 2 heterocycles. The zero-order valence-electron chi connectivity index (χ0n) is 19.4. The molecule has 7 nitrogen and oxygen atoms in total. The molecule has 1 atom stereocenters. The van der Waals surface area contributed by atoms with Crippen LogP contribution in [-0.2, 0) is 9.53 Å². The number of carbonyl (C=O) groups excluding carboxylic acids is 1. The number of benzene rings is 2. The van der Waals surface area contributed by atoms with Crippen molar-refractivity contribution in [1.82, 2.24) is 4.57 Å². The number of allylic oxidation sites excluding steroid dienone is 1. The number of nitrogens with zero attached hydrogens (tertiary/aromatic N) is 2. The highest BCUT2D eigenvalue weighted by Crippen LogP contribution is 2.36. The molecule has 0 saturated heterocycles. The summed E-state index contributed by atoms with van der Waals surface area (Å²) in [6.07, 6.45) is 1.66. The summed E-state index contributed by atoms with van der Waals surface area (Å²) in [4.78, 5) is 31.8. The van der Waals surface area contributed by atoms with Crippen molar-refractivity contribution in [2.45, 2.75) is 39.8 Å². The molecule has 34 heavy (non-hydrogen) atoms. The number of phenolic OH excluding ortho intramolecular Hbond substituents is 1. The Bertz CT molecular complexity index is 1430. The van der Waals surface area contributed by atoms with Crippen LogP contribution in [-0.4, -0.2) is 28.4 Å². The van der Waals surface area contributed by atoms with E-state index in [1.54, 1.807) is 48.8 Å². The maximum atomic E-state index is 13.7. The van der Waals surface area contributed by atoms with E-state index in [0.29, 0.717) is 31.9 Å². The van der Waals surface area contributed by atoms with Crippen LogP contribution in [0.25, 0.3) is 6.08 Å². The highest BCUT2D eigenvalue weighted by Gasteiger charge is 2.35. The van der Waals surface area contributed by atoms with E-state index >= 15 is 0 Å². The van der Waals surface area contributed by atoms with E-state index in [2.05, 4.69) is 4.99 Å². The van der Waals surface area contributed by atoms with Gasteiger partial charge in [-0.3, -0.25) is 9.36 Å². The van der Waals surface area contributed by atoms with Crippen LogP contribution in [0.5, 0.6) is 11.5 Å². The van der Waals surface area contributed by atoms with Crippen molar-refractivity contribution in [3.8, 4) is 11.5 Å². The molecule has 0 spiro atoms. The molecule has 0 bridgehead atoms. The summed E-state index contributed by atoms with van der Waals surface area (Å²) in [6.45, 7) is 7.55. The van der Waals surface area contributed by atoms with E-state index in [9.17, 15) is 14.7 Å². The Hall–Kier alpha value is -3.65. The van der Waals surface area contributed by atoms with E-state index in [0.717, 1.165) is 5.56 Å². The number of esters is 1. The first-order valence-corrected chi connectivity index (χ1v) is 11.9. The van der Waals surface area contributed by atoms with Gasteiger partial charge in [-0.15, -0.1) is 0 Å². The molecule has 0 saturated carbocycles. The highest BCUT2D eigenvalue weighted by molar-refractivity contribution is 7.07. The number of hydrogen-bond donors (Lipinski definition) is 1. The third-order valence-electron chi connectivity index (χ3n) is 5.28. The average molecular weight is 479 g/mol. The molecule has 1 N–H and O–H groups in total. The summed E-state index contributed by atoms with van der Waals surface area (Å²) >= 11 is 1.25. The maximum Gasteiger partial charge on any atom is 0.338 e. The van der Waals surface area contributed by atoms with Gasteiger partial charge in [-0.2, -0.15) is 0 Å². The minimum absolute atomic E-state index is 0.0948. The van der Waals surface area contributed by atoms with Crippen molar-refractivity contribution < 1.29 is 19.4 Å². The summed E-state index contributed by atoms with van der Waals surface area (Å²) < 4.78 is 13.4. The van der Waals surface area contributed by atoms with Gasteiger partial charge in [0.1, 0.15) is 17.5 Å². The van der Waals surface area contributed by atoms with Crippen molar-refractivity contribution in [3.63, 3.8) is 0 Å². The van der Waals surface area contributed by atoms with Crippen LogP contribution < -0.4 is 19.6 Å². The summed E-state index contributed by atoms with van der Waals surface area (Å²) in [5.74, 6) is 0.225. The van der Waals surface area contributed by atoms with Gasteiger partial charge in [-0.1, -0.05) is 41.7 Å². The van der Waals surface area contributed by atoms with E-state index < -0.39 is 12.0 Å². The molecular weight excluding hydrogens is 452 g/mol. The Balaban J connectivity index is 1.97. The van der Waals surface area contributed by atoms with Crippen molar-refractivity contribution in [1.29, 1.82) is 0 Å². The monoisotopic (exact) mass is 478 g/mol. The van der Waals surface area contributed by atoms with Crippen molar-refractivity contribution in [2.24, 2.45) is 4.99 Å². The number of rotatable bonds is 6. The second-order valence-corrected chi connectivity index (χ2v) is 9.11. The zero-order valence-corrected chi connectivity index (χ0v) is 20.3. The van der Waals surface area contributed by atoms with E-state index in [4.69, 9.17) is 9.47 Å². The third-order valence-corrected chi connectivity index (χ3v) is 6.27. The van der Waals surface area contributed by atoms with Crippen molar-refractivity contribution >= 4 is 23.4 Å². The van der Waals surface area contributed by atoms with Gasteiger partial charge in [0.05, 0.1) is 28.5 Å². The van der Waals surface area contributed by atoms with Crippen LogP contribution >= 0.6 is 11.3 Å². The van der Waals surface area contributed by atoms with Crippen LogP contribution in [0.4, 0.5) is 0 Å². The van der Waals surface area contributed by atoms with E-state index in [1.165, 1.54) is 11.3 Å². The molecule has 0 radical (unpaired) electrons. The van der Waals surface area contributed by atoms with Gasteiger partial charge in [0.2, 0.25) is 0 Å². The van der Waals surface area contributed by atoms with Crippen molar-refractivity contribution in [3.05, 3.63) is 90.6 Å². The van der Waals surface area contributed by atoms with Crippen LogP contribution in [0.2, 0.25) is 0 Å². The summed E-state index contributed by atoms with van der Waals surface area (Å²) in [5.41, 5.74) is 2.00. The van der Waals surface area contributed by atoms with Gasteiger partial charge >= 0.3 is 5.97 Å². The molecule has 2 aromatic carbocycles. The van der Waals surface area contributed by atoms with Crippen LogP contribution in [0.15, 0.2) is 69.6 Å². The number of ether oxygens (including phenoxy) is 2. The predicted octanol–water partition coefficient (Wildman–Crippen LogP) is 3.29. The lowest BCUT2D eigenvalue weighted by Gasteiger charge is -2.26. The Morgan fingerprint density at radius 3 is 2.59 bits per heavy atom. The van der Waals surface area contributed by atoms with Crippen LogP contribution in [0.3, 0.4) is 0 Å². The number of fused-ring (bicyclic) bond motifs is 1. The highest BCUT2D eigenvalue weighted by atomic mass is 32.1. The van der Waals surface area contributed by atoms with Gasteiger partial charge in [0.15, 0.2) is 4.80 Å². The largest absolute Gasteiger partial charge is 0.508 e. The lowest BCUT2D eigenvalue weighted by Crippen LogP contribution is -2.40. The molecule has 176 valence electrons. The summed E-state index contributed by atoms with van der Waals surface area (Å²) in [6, 6.07) is 13.2. The first-order valence-electron chi connectivity index (χ1n) is 11.0. The van der Waals surface area contributed by atoms with E-state index in [-0.39, 0.29) is 24.0 Å². The lowest BCUT2D eigenvalue weighted by molar-refractivity contribution is -0.139. The number of phenols is 1. The molecule has 0 fully saturated rings. The molecule has 0 aliphatic carbocycles. The smallest absolute Gasteiger partial charge is 0.338 e. The molecule has 1 aliphatic rings. The minimum atomic E-state index is -0.743. The van der Waals surface area contributed by atoms with Gasteiger partial charge in [0.25, 0.3) is 5.56 Å². The molecule has 1 aliphatic heterocycles. The Morgan fingerprint density at radius 2 is 1.91 bits per heavy atom. The Morgan fingerprint density at radius 1 is 1.21 bits per heavy atom. The van der Waals surface area contributed by atoms with Gasteiger partial charge in [-0.05, 0) is 57.5 Å². The first-order chi connectivity index (χ1) is 16.3. The van der Waals surface area contributed by atoms with Crippen LogP contribution in [0, 0.1) is 0 Å². The Kier molecular flexibility index (Phi) is 6.70. The second-order valence-electron chi connectivity index (χ2n) is 8.10. The average Bonchev–Trinajstić information content (AvgIpc) is 3.09. The standard InChI is InChI=1S/C26H26N2O5S/c1-5-32-25(31)22-16(4)27-26-28(23(22)19-8-6-7-9-20(19)33-15(2)3)24(30)21(34-26)14-17-10-12-18(29)13-11-17/h6-15,23,29H,5H2,1-4H3/b21-14+/t23-/m1/s1. The summed E-state index contributed by atoms with van der Waals surface area (Å²) in [5, 5.41) is 9.56. The fraction of sp³-hybridized carbons (Fsp3) is 0.269. The molecule has 4 rings (SSSR count). The quantitative estimate of drug-likeness (QED) is 0.549.